The zero-order chi connectivity index (χ0) is 11.8. The van der Waals surface area contributed by atoms with Crippen LogP contribution in [0.5, 0.6) is 0 Å². The molecule has 2 N–H and O–H groups in total. The Balaban J connectivity index is 2.04. The van der Waals surface area contributed by atoms with Crippen molar-refractivity contribution in [2.24, 2.45) is 5.92 Å². The number of amides is 1. The van der Waals surface area contributed by atoms with Gasteiger partial charge in [0.05, 0.1) is 13.2 Å². The molecule has 4 nitrogen and oxygen atoms in total. The van der Waals surface area contributed by atoms with Crippen LogP contribution in [0.15, 0.2) is 0 Å². The lowest BCUT2D eigenvalue weighted by Gasteiger charge is -2.12. The van der Waals surface area contributed by atoms with E-state index in [1.54, 1.807) is 7.11 Å². The van der Waals surface area contributed by atoms with Gasteiger partial charge in [-0.2, -0.15) is 0 Å². The molecule has 4 heteroatoms. The third-order valence-corrected chi connectivity index (χ3v) is 3.30. The van der Waals surface area contributed by atoms with E-state index in [1.165, 1.54) is 25.7 Å². The molecule has 1 fully saturated rings. The van der Waals surface area contributed by atoms with Gasteiger partial charge in [0, 0.05) is 19.7 Å². The highest BCUT2D eigenvalue weighted by Gasteiger charge is 2.22. The first-order chi connectivity index (χ1) is 7.76. The largest absolute Gasteiger partial charge is 0.383 e. The lowest BCUT2D eigenvalue weighted by atomic mass is 10.1. The van der Waals surface area contributed by atoms with Crippen LogP contribution in [0.25, 0.3) is 0 Å². The lowest BCUT2D eigenvalue weighted by Crippen LogP contribution is -2.39. The SMILES string of the molecule is CCC1CCC(NCC(=O)NCCOC)C1. The monoisotopic (exact) mass is 228 g/mol. The van der Waals surface area contributed by atoms with Gasteiger partial charge in [-0.05, 0) is 25.2 Å². The Hall–Kier alpha value is -0.610. The number of ether oxygens (including phenoxy) is 1. The van der Waals surface area contributed by atoms with Gasteiger partial charge in [0.15, 0.2) is 0 Å². The summed E-state index contributed by atoms with van der Waals surface area (Å²) in [4.78, 5) is 11.4. The molecule has 0 radical (unpaired) electrons. The van der Waals surface area contributed by atoms with E-state index in [2.05, 4.69) is 17.6 Å². The Morgan fingerprint density at radius 2 is 2.25 bits per heavy atom. The second kappa shape index (κ2) is 7.63. The highest BCUT2D eigenvalue weighted by molar-refractivity contribution is 5.77. The summed E-state index contributed by atoms with van der Waals surface area (Å²) in [5, 5.41) is 6.13. The van der Waals surface area contributed by atoms with Crippen molar-refractivity contribution in [3.8, 4) is 0 Å². The topological polar surface area (TPSA) is 50.4 Å². The van der Waals surface area contributed by atoms with E-state index < -0.39 is 0 Å². The van der Waals surface area contributed by atoms with Crippen LogP contribution in [0.2, 0.25) is 0 Å². The van der Waals surface area contributed by atoms with Crippen LogP contribution < -0.4 is 10.6 Å². The molecule has 0 heterocycles. The summed E-state index contributed by atoms with van der Waals surface area (Å²) in [6, 6.07) is 0.540. The predicted molar refractivity (Wildman–Crippen MR) is 64.3 cm³/mol. The van der Waals surface area contributed by atoms with E-state index in [0.717, 1.165) is 5.92 Å². The molecule has 0 aromatic carbocycles. The quantitative estimate of drug-likeness (QED) is 0.637. The first-order valence-corrected chi connectivity index (χ1v) is 6.25. The molecule has 0 aromatic rings. The van der Waals surface area contributed by atoms with Crippen molar-refractivity contribution in [2.45, 2.75) is 38.6 Å². The van der Waals surface area contributed by atoms with Crippen molar-refractivity contribution in [3.63, 3.8) is 0 Å². The van der Waals surface area contributed by atoms with Gasteiger partial charge in [-0.1, -0.05) is 13.3 Å². The van der Waals surface area contributed by atoms with Gasteiger partial charge in [0.2, 0.25) is 5.91 Å². The molecule has 2 unspecified atom stereocenters. The maximum atomic E-state index is 11.4. The van der Waals surface area contributed by atoms with Crippen LogP contribution in [0.1, 0.15) is 32.6 Å². The fourth-order valence-electron chi connectivity index (χ4n) is 2.22. The summed E-state index contributed by atoms with van der Waals surface area (Å²) < 4.78 is 4.86. The Labute approximate surface area is 98.1 Å². The zero-order valence-corrected chi connectivity index (χ0v) is 10.4. The Morgan fingerprint density at radius 3 is 2.88 bits per heavy atom. The van der Waals surface area contributed by atoms with E-state index in [-0.39, 0.29) is 5.91 Å². The molecule has 1 saturated carbocycles. The highest BCUT2D eigenvalue weighted by Crippen LogP contribution is 2.27. The number of methoxy groups -OCH3 is 1. The summed E-state index contributed by atoms with van der Waals surface area (Å²) in [7, 11) is 1.63. The second-order valence-corrected chi connectivity index (χ2v) is 4.51. The van der Waals surface area contributed by atoms with Gasteiger partial charge in [-0.25, -0.2) is 0 Å². The average molecular weight is 228 g/mol. The van der Waals surface area contributed by atoms with Crippen LogP contribution in [-0.4, -0.2) is 38.8 Å². The van der Waals surface area contributed by atoms with Gasteiger partial charge in [-0.15, -0.1) is 0 Å². The Morgan fingerprint density at radius 1 is 1.44 bits per heavy atom. The van der Waals surface area contributed by atoms with Crippen molar-refractivity contribution in [1.82, 2.24) is 10.6 Å². The predicted octanol–water partition coefficient (Wildman–Crippen LogP) is 0.917. The lowest BCUT2D eigenvalue weighted by molar-refractivity contribution is -0.120. The van der Waals surface area contributed by atoms with E-state index in [4.69, 9.17) is 4.74 Å². The standard InChI is InChI=1S/C12H24N2O2/c1-3-10-4-5-11(8-10)14-9-12(15)13-6-7-16-2/h10-11,14H,3-9H2,1-2H3,(H,13,15). The molecular weight excluding hydrogens is 204 g/mol. The van der Waals surface area contributed by atoms with Crippen molar-refractivity contribution in [1.29, 1.82) is 0 Å². The van der Waals surface area contributed by atoms with Crippen LogP contribution in [0.3, 0.4) is 0 Å². The maximum absolute atomic E-state index is 11.4. The van der Waals surface area contributed by atoms with Crippen LogP contribution in [-0.2, 0) is 9.53 Å². The molecule has 0 aliphatic heterocycles. The fourth-order valence-corrected chi connectivity index (χ4v) is 2.22. The zero-order valence-electron chi connectivity index (χ0n) is 10.4. The van der Waals surface area contributed by atoms with Crippen LogP contribution in [0.4, 0.5) is 0 Å². The molecule has 94 valence electrons. The van der Waals surface area contributed by atoms with Gasteiger partial charge < -0.3 is 15.4 Å². The minimum absolute atomic E-state index is 0.0667. The van der Waals surface area contributed by atoms with Gasteiger partial charge in [0.1, 0.15) is 0 Å². The number of hydrogen-bond donors (Lipinski definition) is 2. The average Bonchev–Trinajstić information content (AvgIpc) is 2.74. The third kappa shape index (κ3) is 4.94. The van der Waals surface area contributed by atoms with Gasteiger partial charge >= 0.3 is 0 Å². The molecule has 0 aromatic heterocycles. The molecule has 0 spiro atoms. The summed E-state index contributed by atoms with van der Waals surface area (Å²) in [5.41, 5.74) is 0. The summed E-state index contributed by atoms with van der Waals surface area (Å²) >= 11 is 0. The number of carbonyl (C=O) groups excluding carboxylic acids is 1. The molecule has 1 rings (SSSR count). The van der Waals surface area contributed by atoms with E-state index >= 15 is 0 Å². The molecular formula is C12H24N2O2. The van der Waals surface area contributed by atoms with Crippen molar-refractivity contribution >= 4 is 5.91 Å². The maximum Gasteiger partial charge on any atom is 0.234 e. The van der Waals surface area contributed by atoms with Crippen LogP contribution in [0, 0.1) is 5.92 Å². The first kappa shape index (κ1) is 13.5. The van der Waals surface area contributed by atoms with Gasteiger partial charge in [0.25, 0.3) is 0 Å². The first-order valence-electron chi connectivity index (χ1n) is 6.25. The number of nitrogens with one attached hydrogen (secondary N) is 2. The van der Waals surface area contributed by atoms with Crippen molar-refractivity contribution < 1.29 is 9.53 Å². The summed E-state index contributed by atoms with van der Waals surface area (Å²) in [5.74, 6) is 0.922. The number of carbonyl (C=O) groups is 1. The van der Waals surface area contributed by atoms with E-state index in [1.807, 2.05) is 0 Å². The van der Waals surface area contributed by atoms with Crippen molar-refractivity contribution in [2.75, 3.05) is 26.8 Å². The van der Waals surface area contributed by atoms with E-state index in [0.29, 0.717) is 25.7 Å². The minimum atomic E-state index is 0.0667. The fraction of sp³-hybridized carbons (Fsp3) is 0.917. The summed E-state index contributed by atoms with van der Waals surface area (Å²) in [6.07, 6.45) is 5.00. The number of hydrogen-bond acceptors (Lipinski definition) is 3. The van der Waals surface area contributed by atoms with Crippen LogP contribution >= 0.6 is 0 Å². The molecule has 0 bridgehead atoms. The third-order valence-electron chi connectivity index (χ3n) is 3.30. The molecule has 2 atom stereocenters. The molecule has 1 amide bonds. The Bertz CT molecular complexity index is 209. The summed E-state index contributed by atoms with van der Waals surface area (Å²) in [6.45, 7) is 3.85. The smallest absolute Gasteiger partial charge is 0.234 e. The van der Waals surface area contributed by atoms with Gasteiger partial charge in [-0.3, -0.25) is 4.79 Å². The molecule has 1 aliphatic carbocycles. The minimum Gasteiger partial charge on any atom is -0.383 e. The van der Waals surface area contributed by atoms with E-state index in [9.17, 15) is 4.79 Å². The molecule has 1 aliphatic rings. The normalized spacial score (nSPS) is 24.6. The molecule has 16 heavy (non-hydrogen) atoms. The van der Waals surface area contributed by atoms with Crippen molar-refractivity contribution in [3.05, 3.63) is 0 Å². The number of rotatable bonds is 7. The molecule has 0 saturated heterocycles. The second-order valence-electron chi connectivity index (χ2n) is 4.51. The Kier molecular flexibility index (Phi) is 6.42. The highest BCUT2D eigenvalue weighted by atomic mass is 16.5.